The van der Waals surface area contributed by atoms with Crippen molar-refractivity contribution in [3.05, 3.63) is 23.3 Å². The van der Waals surface area contributed by atoms with Gasteiger partial charge < -0.3 is 24.8 Å². The van der Waals surface area contributed by atoms with Gasteiger partial charge in [-0.2, -0.15) is 0 Å². The van der Waals surface area contributed by atoms with Crippen LogP contribution in [0.3, 0.4) is 0 Å². The first kappa shape index (κ1) is 14.9. The molecule has 5 nitrogen and oxygen atoms in total. The quantitative estimate of drug-likeness (QED) is 0.824. The lowest BCUT2D eigenvalue weighted by atomic mass is 9.95. The van der Waals surface area contributed by atoms with E-state index in [1.165, 1.54) is 0 Å². The molecule has 1 aromatic carbocycles. The first-order valence-electron chi connectivity index (χ1n) is 6.56. The number of nitrogens with zero attached hydrogens (tertiary/aromatic N) is 1. The molecule has 0 amide bonds. The second kappa shape index (κ2) is 6.28. The molecule has 1 aromatic rings. The van der Waals surface area contributed by atoms with Gasteiger partial charge in [-0.1, -0.05) is 0 Å². The molecule has 0 saturated carbocycles. The molecule has 0 bridgehead atoms. The van der Waals surface area contributed by atoms with E-state index in [1.54, 1.807) is 14.2 Å². The molecular formula is C14H20N2O3S. The summed E-state index contributed by atoms with van der Waals surface area (Å²) in [4.78, 5) is 1.94. The number of methoxy groups -OCH3 is 2. The minimum atomic E-state index is -0.652. The number of thiocarbonyl (C=S) groups is 1. The molecule has 1 heterocycles. The van der Waals surface area contributed by atoms with Crippen LogP contribution in [0, 0.1) is 0 Å². The van der Waals surface area contributed by atoms with E-state index in [0.29, 0.717) is 24.0 Å². The first-order valence-corrected chi connectivity index (χ1v) is 6.97. The Morgan fingerprint density at radius 2 is 2.05 bits per heavy atom. The maximum atomic E-state index is 10.4. The van der Waals surface area contributed by atoms with Crippen LogP contribution in [0.25, 0.3) is 0 Å². The Kier molecular flexibility index (Phi) is 4.67. The van der Waals surface area contributed by atoms with Gasteiger partial charge in [0.05, 0.1) is 20.8 Å². The SMILES string of the molecule is CCNC(=S)N1Cc2c(OC)ccc(OC)c2C(O)C1. The van der Waals surface area contributed by atoms with Crippen LogP contribution < -0.4 is 14.8 Å². The van der Waals surface area contributed by atoms with Crippen LogP contribution >= 0.6 is 12.2 Å². The second-order valence-corrected chi connectivity index (χ2v) is 4.98. The summed E-state index contributed by atoms with van der Waals surface area (Å²) < 4.78 is 10.7. The summed E-state index contributed by atoms with van der Waals surface area (Å²) in [6, 6.07) is 3.67. The number of hydrogen-bond donors (Lipinski definition) is 2. The van der Waals surface area contributed by atoms with Gasteiger partial charge in [0.2, 0.25) is 0 Å². The molecule has 0 saturated heterocycles. The zero-order valence-corrected chi connectivity index (χ0v) is 12.8. The Morgan fingerprint density at radius 3 is 2.65 bits per heavy atom. The van der Waals surface area contributed by atoms with Gasteiger partial charge in [-0.3, -0.25) is 0 Å². The fraction of sp³-hybridized carbons (Fsp3) is 0.500. The average Bonchev–Trinajstić information content (AvgIpc) is 2.46. The number of rotatable bonds is 3. The van der Waals surface area contributed by atoms with Crippen LogP contribution in [0.1, 0.15) is 24.2 Å². The third kappa shape index (κ3) is 2.66. The van der Waals surface area contributed by atoms with Gasteiger partial charge in [-0.15, -0.1) is 0 Å². The highest BCUT2D eigenvalue weighted by Gasteiger charge is 2.30. The van der Waals surface area contributed by atoms with Crippen molar-refractivity contribution >= 4 is 17.3 Å². The Labute approximate surface area is 124 Å². The zero-order valence-electron chi connectivity index (χ0n) is 12.0. The average molecular weight is 296 g/mol. The van der Waals surface area contributed by atoms with E-state index in [1.807, 2.05) is 24.0 Å². The molecule has 0 aliphatic carbocycles. The van der Waals surface area contributed by atoms with E-state index < -0.39 is 6.10 Å². The summed E-state index contributed by atoms with van der Waals surface area (Å²) in [5.41, 5.74) is 1.72. The maximum Gasteiger partial charge on any atom is 0.169 e. The normalized spacial score (nSPS) is 17.4. The molecule has 2 N–H and O–H groups in total. The van der Waals surface area contributed by atoms with Gasteiger partial charge in [-0.05, 0) is 31.3 Å². The third-order valence-electron chi connectivity index (χ3n) is 3.40. The number of hydrogen-bond acceptors (Lipinski definition) is 4. The summed E-state index contributed by atoms with van der Waals surface area (Å²) in [5.74, 6) is 1.42. The minimum absolute atomic E-state index is 0.447. The Hall–Kier alpha value is -1.53. The van der Waals surface area contributed by atoms with E-state index in [0.717, 1.165) is 23.4 Å². The van der Waals surface area contributed by atoms with Crippen LogP contribution in [-0.4, -0.2) is 42.4 Å². The van der Waals surface area contributed by atoms with Crippen LogP contribution in [-0.2, 0) is 6.54 Å². The number of nitrogens with one attached hydrogen (secondary N) is 1. The van der Waals surface area contributed by atoms with Gasteiger partial charge in [0.15, 0.2) is 5.11 Å². The highest BCUT2D eigenvalue weighted by Crippen LogP contribution is 2.39. The molecule has 1 aliphatic heterocycles. The largest absolute Gasteiger partial charge is 0.496 e. The fourth-order valence-corrected chi connectivity index (χ4v) is 2.78. The number of fused-ring (bicyclic) bond motifs is 1. The predicted molar refractivity (Wildman–Crippen MR) is 81.2 cm³/mol. The van der Waals surface area contributed by atoms with Crippen molar-refractivity contribution in [2.75, 3.05) is 27.3 Å². The molecule has 20 heavy (non-hydrogen) atoms. The van der Waals surface area contributed by atoms with Gasteiger partial charge >= 0.3 is 0 Å². The van der Waals surface area contributed by atoms with Crippen molar-refractivity contribution in [3.63, 3.8) is 0 Å². The van der Waals surface area contributed by atoms with Crippen LogP contribution in [0.5, 0.6) is 11.5 Å². The molecule has 6 heteroatoms. The topological polar surface area (TPSA) is 54.0 Å². The summed E-state index contributed by atoms with van der Waals surface area (Å²) in [6.07, 6.45) is -0.652. The van der Waals surface area contributed by atoms with Gasteiger partial charge in [0, 0.05) is 24.2 Å². The number of aliphatic hydroxyl groups excluding tert-OH is 1. The number of ether oxygens (including phenoxy) is 2. The Bertz CT molecular complexity index is 507. The van der Waals surface area contributed by atoms with Crippen molar-refractivity contribution in [1.29, 1.82) is 0 Å². The molecule has 2 rings (SSSR count). The Balaban J connectivity index is 2.40. The molecule has 0 aromatic heterocycles. The van der Waals surface area contributed by atoms with E-state index in [4.69, 9.17) is 21.7 Å². The van der Waals surface area contributed by atoms with E-state index in [9.17, 15) is 5.11 Å². The van der Waals surface area contributed by atoms with E-state index in [-0.39, 0.29) is 0 Å². The molecule has 0 fully saturated rings. The van der Waals surface area contributed by atoms with Gasteiger partial charge in [0.25, 0.3) is 0 Å². The summed E-state index contributed by atoms with van der Waals surface area (Å²) in [7, 11) is 3.22. The third-order valence-corrected chi connectivity index (χ3v) is 3.81. The van der Waals surface area contributed by atoms with Crippen molar-refractivity contribution < 1.29 is 14.6 Å². The van der Waals surface area contributed by atoms with Crippen LogP contribution in [0.4, 0.5) is 0 Å². The molecule has 1 unspecified atom stereocenters. The first-order chi connectivity index (χ1) is 9.62. The lowest BCUT2D eigenvalue weighted by Crippen LogP contribution is -2.44. The van der Waals surface area contributed by atoms with Crippen molar-refractivity contribution in [3.8, 4) is 11.5 Å². The maximum absolute atomic E-state index is 10.4. The monoisotopic (exact) mass is 296 g/mol. The standard InChI is InChI=1S/C14H20N2O3S/c1-4-15-14(20)16-7-9-11(18-2)5-6-12(19-3)13(9)10(17)8-16/h5-6,10,17H,4,7-8H2,1-3H3,(H,15,20). The predicted octanol–water partition coefficient (Wildman–Crippen LogP) is 1.45. The minimum Gasteiger partial charge on any atom is -0.496 e. The molecule has 0 radical (unpaired) electrons. The molecule has 1 aliphatic rings. The molecule has 0 spiro atoms. The highest BCUT2D eigenvalue weighted by molar-refractivity contribution is 7.80. The van der Waals surface area contributed by atoms with Gasteiger partial charge in [-0.25, -0.2) is 0 Å². The lowest BCUT2D eigenvalue weighted by molar-refractivity contribution is 0.122. The van der Waals surface area contributed by atoms with E-state index in [2.05, 4.69) is 5.32 Å². The number of benzene rings is 1. The highest BCUT2D eigenvalue weighted by atomic mass is 32.1. The number of aliphatic hydroxyl groups is 1. The molecule has 1 atom stereocenters. The summed E-state index contributed by atoms with van der Waals surface area (Å²) >= 11 is 5.33. The summed E-state index contributed by atoms with van der Waals surface area (Å²) in [6.45, 7) is 3.79. The second-order valence-electron chi connectivity index (χ2n) is 4.59. The number of β-amino-alcohol motifs (C(OH)–C–C–N with tert-alkyl or cyclic N) is 1. The van der Waals surface area contributed by atoms with Crippen molar-refractivity contribution in [2.24, 2.45) is 0 Å². The smallest absolute Gasteiger partial charge is 0.169 e. The van der Waals surface area contributed by atoms with E-state index >= 15 is 0 Å². The fourth-order valence-electron chi connectivity index (χ4n) is 2.49. The van der Waals surface area contributed by atoms with Crippen LogP contribution in [0.2, 0.25) is 0 Å². The Morgan fingerprint density at radius 1 is 1.40 bits per heavy atom. The van der Waals surface area contributed by atoms with Crippen LogP contribution in [0.15, 0.2) is 12.1 Å². The van der Waals surface area contributed by atoms with Crippen molar-refractivity contribution in [1.82, 2.24) is 10.2 Å². The lowest BCUT2D eigenvalue weighted by Gasteiger charge is -2.35. The summed E-state index contributed by atoms with van der Waals surface area (Å²) in [5, 5.41) is 14.2. The molecular weight excluding hydrogens is 276 g/mol. The zero-order chi connectivity index (χ0) is 14.7. The van der Waals surface area contributed by atoms with Crippen molar-refractivity contribution in [2.45, 2.75) is 19.6 Å². The van der Waals surface area contributed by atoms with Gasteiger partial charge in [0.1, 0.15) is 17.6 Å². The molecule has 110 valence electrons.